The van der Waals surface area contributed by atoms with E-state index in [1.54, 1.807) is 19.2 Å². The molecule has 0 radical (unpaired) electrons. The van der Waals surface area contributed by atoms with Crippen molar-refractivity contribution in [1.82, 2.24) is 10.6 Å². The van der Waals surface area contributed by atoms with Crippen LogP contribution in [0.15, 0.2) is 18.2 Å². The summed E-state index contributed by atoms with van der Waals surface area (Å²) in [5.41, 5.74) is 1.95. The largest absolute Gasteiger partial charge is 0.508 e. The predicted molar refractivity (Wildman–Crippen MR) is 72.2 cm³/mol. The van der Waals surface area contributed by atoms with Crippen LogP contribution in [-0.2, 0) is 11.2 Å². The zero-order valence-electron chi connectivity index (χ0n) is 11.3. The van der Waals surface area contributed by atoms with Crippen molar-refractivity contribution in [3.63, 3.8) is 0 Å². The van der Waals surface area contributed by atoms with Gasteiger partial charge >= 0.3 is 6.03 Å². The van der Waals surface area contributed by atoms with Crippen molar-refractivity contribution >= 4 is 6.03 Å². The number of benzene rings is 1. The summed E-state index contributed by atoms with van der Waals surface area (Å²) >= 11 is 0. The molecule has 0 bridgehead atoms. The fourth-order valence-electron chi connectivity index (χ4n) is 2.50. The lowest BCUT2D eigenvalue weighted by Crippen LogP contribution is -2.43. The molecule has 0 fully saturated rings. The number of phenolic OH excluding ortho intramolecular Hbond substituents is 1. The summed E-state index contributed by atoms with van der Waals surface area (Å²) in [6, 6.07) is 5.17. The number of aromatic hydroxyl groups is 1. The number of phenols is 1. The first kappa shape index (κ1) is 13.7. The summed E-state index contributed by atoms with van der Waals surface area (Å²) < 4.78 is 4.97. The molecule has 3 N–H and O–H groups in total. The molecule has 0 unspecified atom stereocenters. The van der Waals surface area contributed by atoms with Gasteiger partial charge in [0.25, 0.3) is 0 Å². The Labute approximate surface area is 113 Å². The van der Waals surface area contributed by atoms with Gasteiger partial charge in [-0.3, -0.25) is 0 Å². The lowest BCUT2D eigenvalue weighted by atomic mass is 10.1. The molecule has 5 heteroatoms. The highest BCUT2D eigenvalue weighted by atomic mass is 16.5. The molecule has 0 saturated carbocycles. The number of rotatable bonds is 4. The Kier molecular flexibility index (Phi) is 4.27. The van der Waals surface area contributed by atoms with Crippen molar-refractivity contribution in [3.05, 3.63) is 29.3 Å². The minimum absolute atomic E-state index is 0.0307. The van der Waals surface area contributed by atoms with Crippen LogP contribution in [0.2, 0.25) is 0 Å². The molecular weight excluding hydrogens is 244 g/mol. The Morgan fingerprint density at radius 1 is 1.58 bits per heavy atom. The number of carbonyl (C=O) groups excluding carboxylic acids is 1. The van der Waals surface area contributed by atoms with Gasteiger partial charge < -0.3 is 20.5 Å². The van der Waals surface area contributed by atoms with Crippen LogP contribution < -0.4 is 10.6 Å². The van der Waals surface area contributed by atoms with Gasteiger partial charge in [-0.05, 0) is 37.0 Å². The van der Waals surface area contributed by atoms with Crippen LogP contribution in [0, 0.1) is 0 Å². The molecule has 2 amide bonds. The molecule has 0 heterocycles. The average Bonchev–Trinajstić information content (AvgIpc) is 2.74. The van der Waals surface area contributed by atoms with Crippen molar-refractivity contribution < 1.29 is 14.6 Å². The molecule has 1 aliphatic rings. The van der Waals surface area contributed by atoms with Gasteiger partial charge in [0.05, 0.1) is 18.7 Å². The molecule has 1 aromatic rings. The van der Waals surface area contributed by atoms with E-state index in [-0.39, 0.29) is 18.1 Å². The Bertz CT molecular complexity index is 462. The minimum Gasteiger partial charge on any atom is -0.508 e. The van der Waals surface area contributed by atoms with Gasteiger partial charge in [-0.15, -0.1) is 0 Å². The molecule has 0 spiro atoms. The van der Waals surface area contributed by atoms with Crippen molar-refractivity contribution in [3.8, 4) is 5.75 Å². The van der Waals surface area contributed by atoms with Crippen LogP contribution in [0.1, 0.15) is 30.5 Å². The van der Waals surface area contributed by atoms with E-state index in [0.29, 0.717) is 12.4 Å². The summed E-state index contributed by atoms with van der Waals surface area (Å²) in [5.74, 6) is 0.315. The molecule has 1 aliphatic carbocycles. The first-order valence-corrected chi connectivity index (χ1v) is 6.48. The molecular formula is C14H20N2O3. The normalized spacial score (nSPS) is 18.7. The second-order valence-electron chi connectivity index (χ2n) is 4.91. The third kappa shape index (κ3) is 3.17. The van der Waals surface area contributed by atoms with E-state index in [9.17, 15) is 9.90 Å². The molecule has 0 aliphatic heterocycles. The van der Waals surface area contributed by atoms with Crippen molar-refractivity contribution in [1.29, 1.82) is 0 Å². The monoisotopic (exact) mass is 264 g/mol. The number of nitrogens with one attached hydrogen (secondary N) is 2. The van der Waals surface area contributed by atoms with Gasteiger partial charge in [0.2, 0.25) is 0 Å². The highest BCUT2D eigenvalue weighted by molar-refractivity contribution is 5.75. The van der Waals surface area contributed by atoms with Gasteiger partial charge in [-0.2, -0.15) is 0 Å². The van der Waals surface area contributed by atoms with Crippen LogP contribution in [0.4, 0.5) is 4.79 Å². The maximum absolute atomic E-state index is 11.8. The standard InChI is InChI=1S/C14H20N2O3/c1-9(8-19-2)15-14(18)16-12-7-6-11-10(12)4-3-5-13(11)17/h3-5,9,12,17H,6-8H2,1-2H3,(H2,15,16,18)/t9-,12+/m1/s1. The number of amides is 2. The van der Waals surface area contributed by atoms with Crippen molar-refractivity contribution in [2.24, 2.45) is 0 Å². The van der Waals surface area contributed by atoms with E-state index < -0.39 is 0 Å². The molecule has 2 atom stereocenters. The van der Waals surface area contributed by atoms with E-state index in [0.717, 1.165) is 24.0 Å². The van der Waals surface area contributed by atoms with E-state index in [1.165, 1.54) is 0 Å². The highest BCUT2D eigenvalue weighted by Gasteiger charge is 2.26. The van der Waals surface area contributed by atoms with Crippen LogP contribution in [0.25, 0.3) is 0 Å². The average molecular weight is 264 g/mol. The number of methoxy groups -OCH3 is 1. The van der Waals surface area contributed by atoms with Crippen LogP contribution in [0.3, 0.4) is 0 Å². The minimum atomic E-state index is -0.203. The van der Waals surface area contributed by atoms with Gasteiger partial charge in [0.15, 0.2) is 0 Å². The molecule has 19 heavy (non-hydrogen) atoms. The van der Waals surface area contributed by atoms with Gasteiger partial charge in [0, 0.05) is 7.11 Å². The maximum atomic E-state index is 11.8. The first-order valence-electron chi connectivity index (χ1n) is 6.48. The van der Waals surface area contributed by atoms with Gasteiger partial charge in [-0.25, -0.2) is 4.79 Å². The van der Waals surface area contributed by atoms with Gasteiger partial charge in [-0.1, -0.05) is 12.1 Å². The Morgan fingerprint density at radius 2 is 2.37 bits per heavy atom. The number of fused-ring (bicyclic) bond motifs is 1. The quantitative estimate of drug-likeness (QED) is 0.775. The smallest absolute Gasteiger partial charge is 0.315 e. The summed E-state index contributed by atoms with van der Waals surface area (Å²) in [7, 11) is 1.60. The number of ether oxygens (including phenoxy) is 1. The van der Waals surface area contributed by atoms with Gasteiger partial charge in [0.1, 0.15) is 5.75 Å². The molecule has 5 nitrogen and oxygen atoms in total. The summed E-state index contributed by atoms with van der Waals surface area (Å²) in [5, 5.41) is 15.5. The number of urea groups is 1. The van der Waals surface area contributed by atoms with Crippen molar-refractivity contribution in [2.75, 3.05) is 13.7 Å². The molecule has 0 aromatic heterocycles. The van der Waals surface area contributed by atoms with Crippen LogP contribution in [0.5, 0.6) is 5.75 Å². The third-order valence-electron chi connectivity index (χ3n) is 3.35. The Balaban J connectivity index is 1.96. The lowest BCUT2D eigenvalue weighted by molar-refractivity contribution is 0.170. The Morgan fingerprint density at radius 3 is 3.11 bits per heavy atom. The van der Waals surface area contributed by atoms with E-state index in [2.05, 4.69) is 10.6 Å². The number of hydrogen-bond acceptors (Lipinski definition) is 3. The zero-order valence-corrected chi connectivity index (χ0v) is 11.3. The zero-order chi connectivity index (χ0) is 13.8. The number of carbonyl (C=O) groups is 1. The van der Waals surface area contributed by atoms with Crippen molar-refractivity contribution in [2.45, 2.75) is 31.8 Å². The number of hydrogen-bond donors (Lipinski definition) is 3. The van der Waals surface area contributed by atoms with E-state index >= 15 is 0 Å². The lowest BCUT2D eigenvalue weighted by Gasteiger charge is -2.18. The highest BCUT2D eigenvalue weighted by Crippen LogP contribution is 2.36. The summed E-state index contributed by atoms with van der Waals surface area (Å²) in [4.78, 5) is 11.8. The second-order valence-corrected chi connectivity index (χ2v) is 4.91. The SMILES string of the molecule is COC[C@@H](C)NC(=O)N[C@H]1CCc2c(O)cccc21. The maximum Gasteiger partial charge on any atom is 0.315 e. The fraction of sp³-hybridized carbons (Fsp3) is 0.500. The predicted octanol–water partition coefficient (Wildman–Crippen LogP) is 1.71. The summed E-state index contributed by atoms with van der Waals surface area (Å²) in [6.07, 6.45) is 1.61. The van der Waals surface area contributed by atoms with Crippen LogP contribution >= 0.6 is 0 Å². The topological polar surface area (TPSA) is 70.6 Å². The first-order chi connectivity index (χ1) is 9.11. The van der Waals surface area contributed by atoms with E-state index in [4.69, 9.17) is 4.74 Å². The van der Waals surface area contributed by atoms with E-state index in [1.807, 2.05) is 13.0 Å². The molecule has 1 aromatic carbocycles. The Hall–Kier alpha value is -1.75. The second kappa shape index (κ2) is 5.93. The third-order valence-corrected chi connectivity index (χ3v) is 3.35. The van der Waals surface area contributed by atoms with Crippen LogP contribution in [-0.4, -0.2) is 30.9 Å². The summed E-state index contributed by atoms with van der Waals surface area (Å²) in [6.45, 7) is 2.37. The molecule has 104 valence electrons. The fourth-order valence-corrected chi connectivity index (χ4v) is 2.50. The molecule has 0 saturated heterocycles. The molecule has 2 rings (SSSR count).